The van der Waals surface area contributed by atoms with Crippen molar-refractivity contribution in [3.8, 4) is 0 Å². The van der Waals surface area contributed by atoms with Gasteiger partial charge in [0.2, 0.25) is 0 Å². The summed E-state index contributed by atoms with van der Waals surface area (Å²) >= 11 is 0. The molecule has 1 aromatic heterocycles. The zero-order chi connectivity index (χ0) is 13.3. The Morgan fingerprint density at radius 3 is 2.89 bits per heavy atom. The molecule has 1 N–H and O–H groups in total. The second-order valence-corrected chi connectivity index (χ2v) is 4.52. The Labute approximate surface area is 104 Å². The van der Waals surface area contributed by atoms with Gasteiger partial charge in [0.25, 0.3) is 0 Å². The van der Waals surface area contributed by atoms with E-state index in [4.69, 9.17) is 4.74 Å². The molecule has 2 unspecified atom stereocenters. The Morgan fingerprint density at radius 1 is 1.61 bits per heavy atom. The number of hydrogen-bond donors (Lipinski definition) is 1. The first kappa shape index (κ1) is 12.8. The van der Waals surface area contributed by atoms with Gasteiger partial charge in [-0.05, 0) is 5.92 Å². The summed E-state index contributed by atoms with van der Waals surface area (Å²) in [5, 5.41) is 13.4. The fraction of sp³-hybridized carbons (Fsp3) is 0.727. The predicted octanol–water partition coefficient (Wildman–Crippen LogP) is 0.247. The third-order valence-electron chi connectivity index (χ3n) is 3.35. The van der Waals surface area contributed by atoms with Gasteiger partial charge in [0.05, 0.1) is 13.2 Å². The molecule has 2 heterocycles. The van der Waals surface area contributed by atoms with Gasteiger partial charge in [-0.25, -0.2) is 9.59 Å². The van der Waals surface area contributed by atoms with E-state index in [2.05, 4.69) is 5.10 Å². The molecule has 0 aromatic carbocycles. The van der Waals surface area contributed by atoms with Crippen molar-refractivity contribution in [2.24, 2.45) is 5.92 Å². The molecule has 0 fully saturated rings. The topological polar surface area (TPSA) is 86.4 Å². The van der Waals surface area contributed by atoms with Gasteiger partial charge in [-0.1, -0.05) is 20.3 Å². The van der Waals surface area contributed by atoms with Gasteiger partial charge in [-0.15, -0.1) is 0 Å². The maximum Gasteiger partial charge on any atom is 0.346 e. The molecule has 2 atom stereocenters. The summed E-state index contributed by atoms with van der Waals surface area (Å²) in [6.07, 6.45) is 0.669. The second-order valence-electron chi connectivity index (χ2n) is 4.52. The largest absolute Gasteiger partial charge is 0.480 e. The standard InChI is InChI=1S/C11H17N3O4/c1-3-7(2)9(10(15)16)14-11(17)13-4-5-18-6-8(13)12-14/h7,9H,3-6H2,1-2H3,(H,15,16). The molecule has 0 saturated heterocycles. The Balaban J connectivity index is 2.45. The first-order valence-corrected chi connectivity index (χ1v) is 6.05. The molecule has 1 aliphatic rings. The van der Waals surface area contributed by atoms with E-state index in [0.717, 1.165) is 4.68 Å². The van der Waals surface area contributed by atoms with Crippen molar-refractivity contribution in [3.63, 3.8) is 0 Å². The lowest BCUT2D eigenvalue weighted by atomic mass is 10.00. The number of carboxylic acids is 1. The summed E-state index contributed by atoms with van der Waals surface area (Å²) in [5.74, 6) is -0.679. The fourth-order valence-corrected chi connectivity index (χ4v) is 2.10. The van der Waals surface area contributed by atoms with Gasteiger partial charge < -0.3 is 9.84 Å². The van der Waals surface area contributed by atoms with Crippen LogP contribution >= 0.6 is 0 Å². The lowest BCUT2D eigenvalue weighted by Gasteiger charge is -2.17. The second kappa shape index (κ2) is 4.93. The molecular weight excluding hydrogens is 238 g/mol. The molecule has 18 heavy (non-hydrogen) atoms. The van der Waals surface area contributed by atoms with Crippen LogP contribution < -0.4 is 5.69 Å². The molecule has 0 radical (unpaired) electrons. The SMILES string of the molecule is CCC(C)C(C(=O)O)n1nc2n(c1=O)CCOC2. The van der Waals surface area contributed by atoms with E-state index in [1.165, 1.54) is 4.57 Å². The molecule has 1 aliphatic heterocycles. The normalized spacial score (nSPS) is 18.1. The van der Waals surface area contributed by atoms with Crippen LogP contribution in [0.3, 0.4) is 0 Å². The first-order valence-electron chi connectivity index (χ1n) is 6.05. The van der Waals surface area contributed by atoms with Crippen LogP contribution in [0.25, 0.3) is 0 Å². The Hall–Kier alpha value is -1.63. The van der Waals surface area contributed by atoms with Crippen molar-refractivity contribution in [1.82, 2.24) is 14.3 Å². The smallest absolute Gasteiger partial charge is 0.346 e. The molecule has 0 spiro atoms. The number of fused-ring (bicyclic) bond motifs is 1. The lowest BCUT2D eigenvalue weighted by Crippen LogP contribution is -2.36. The van der Waals surface area contributed by atoms with Gasteiger partial charge in [-0.2, -0.15) is 9.78 Å². The van der Waals surface area contributed by atoms with Crippen molar-refractivity contribution < 1.29 is 14.6 Å². The van der Waals surface area contributed by atoms with Gasteiger partial charge in [-0.3, -0.25) is 4.57 Å². The minimum absolute atomic E-state index is 0.155. The van der Waals surface area contributed by atoms with E-state index in [1.54, 1.807) is 6.92 Å². The number of ether oxygens (including phenoxy) is 1. The monoisotopic (exact) mass is 255 g/mol. The van der Waals surface area contributed by atoms with Crippen LogP contribution in [-0.2, 0) is 22.7 Å². The van der Waals surface area contributed by atoms with Gasteiger partial charge in [0, 0.05) is 0 Å². The quantitative estimate of drug-likeness (QED) is 0.833. The van der Waals surface area contributed by atoms with E-state index in [9.17, 15) is 14.7 Å². The van der Waals surface area contributed by atoms with Crippen LogP contribution in [0.2, 0.25) is 0 Å². The molecule has 7 heteroatoms. The fourth-order valence-electron chi connectivity index (χ4n) is 2.10. The molecule has 7 nitrogen and oxygen atoms in total. The molecule has 0 amide bonds. The number of aromatic nitrogens is 3. The van der Waals surface area contributed by atoms with Crippen LogP contribution in [0, 0.1) is 5.92 Å². The summed E-state index contributed by atoms with van der Waals surface area (Å²) in [4.78, 5) is 23.4. The zero-order valence-electron chi connectivity index (χ0n) is 10.5. The number of rotatable bonds is 4. The number of carbonyl (C=O) groups is 1. The summed E-state index contributed by atoms with van der Waals surface area (Å²) < 4.78 is 7.78. The van der Waals surface area contributed by atoms with E-state index in [-0.39, 0.29) is 18.2 Å². The van der Waals surface area contributed by atoms with E-state index < -0.39 is 12.0 Å². The third kappa shape index (κ3) is 2.05. The van der Waals surface area contributed by atoms with Crippen molar-refractivity contribution in [1.29, 1.82) is 0 Å². The van der Waals surface area contributed by atoms with Gasteiger partial charge in [0.1, 0.15) is 6.61 Å². The van der Waals surface area contributed by atoms with Crippen molar-refractivity contribution in [3.05, 3.63) is 16.3 Å². The van der Waals surface area contributed by atoms with Crippen LogP contribution in [0.5, 0.6) is 0 Å². The highest BCUT2D eigenvalue weighted by atomic mass is 16.5. The molecule has 0 aliphatic carbocycles. The molecular formula is C11H17N3O4. The Kier molecular flexibility index (Phi) is 3.51. The average molecular weight is 255 g/mol. The minimum Gasteiger partial charge on any atom is -0.480 e. The maximum atomic E-state index is 12.1. The van der Waals surface area contributed by atoms with E-state index in [1.807, 2.05) is 6.92 Å². The van der Waals surface area contributed by atoms with Crippen LogP contribution in [0.15, 0.2) is 4.79 Å². The zero-order valence-corrected chi connectivity index (χ0v) is 10.5. The summed E-state index contributed by atoms with van der Waals surface area (Å²) in [6.45, 7) is 4.85. The van der Waals surface area contributed by atoms with Gasteiger partial charge in [0.15, 0.2) is 11.9 Å². The Morgan fingerprint density at radius 2 is 2.33 bits per heavy atom. The number of hydrogen-bond acceptors (Lipinski definition) is 4. The summed E-state index contributed by atoms with van der Waals surface area (Å²) in [6, 6.07) is -0.916. The van der Waals surface area contributed by atoms with Gasteiger partial charge >= 0.3 is 11.7 Å². The maximum absolute atomic E-state index is 12.1. The highest BCUT2D eigenvalue weighted by Gasteiger charge is 2.30. The van der Waals surface area contributed by atoms with Crippen LogP contribution in [0.4, 0.5) is 0 Å². The van der Waals surface area contributed by atoms with E-state index in [0.29, 0.717) is 25.4 Å². The number of nitrogens with zero attached hydrogens (tertiary/aromatic N) is 3. The summed E-state index contributed by atoms with van der Waals surface area (Å²) in [5.41, 5.74) is -0.360. The Bertz CT molecular complexity index is 505. The lowest BCUT2D eigenvalue weighted by molar-refractivity contribution is -0.143. The van der Waals surface area contributed by atoms with Crippen molar-refractivity contribution in [2.45, 2.75) is 39.5 Å². The number of carboxylic acid groups (broad SMARTS) is 1. The molecule has 100 valence electrons. The average Bonchev–Trinajstić information content (AvgIpc) is 2.67. The molecule has 1 aromatic rings. The number of aliphatic carboxylic acids is 1. The minimum atomic E-state index is -1.03. The van der Waals surface area contributed by atoms with E-state index >= 15 is 0 Å². The molecule has 2 rings (SSSR count). The van der Waals surface area contributed by atoms with Crippen molar-refractivity contribution >= 4 is 5.97 Å². The highest BCUT2D eigenvalue weighted by molar-refractivity contribution is 5.72. The van der Waals surface area contributed by atoms with Crippen LogP contribution in [0.1, 0.15) is 32.1 Å². The third-order valence-corrected chi connectivity index (χ3v) is 3.35. The summed E-state index contributed by atoms with van der Waals surface area (Å²) in [7, 11) is 0. The predicted molar refractivity (Wildman–Crippen MR) is 62.3 cm³/mol. The first-order chi connectivity index (χ1) is 8.56. The van der Waals surface area contributed by atoms with Crippen molar-refractivity contribution in [2.75, 3.05) is 6.61 Å². The highest BCUT2D eigenvalue weighted by Crippen LogP contribution is 2.19. The van der Waals surface area contributed by atoms with Crippen LogP contribution in [-0.4, -0.2) is 32.0 Å². The molecule has 0 saturated carbocycles. The molecule has 0 bridgehead atoms.